The number of carbonyl (C=O) groups is 2. The van der Waals surface area contributed by atoms with Crippen LogP contribution in [0.25, 0.3) is 0 Å². The molecule has 4 atom stereocenters. The molecule has 1 aromatic carbocycles. The lowest BCUT2D eigenvalue weighted by atomic mass is 9.78. The second kappa shape index (κ2) is 8.43. The molecule has 2 fully saturated rings. The molecule has 6 nitrogen and oxygen atoms in total. The number of hydrogen-bond donors (Lipinski definition) is 4. The van der Waals surface area contributed by atoms with Crippen molar-refractivity contribution in [3.8, 4) is 0 Å². The van der Waals surface area contributed by atoms with Gasteiger partial charge in [-0.3, -0.25) is 14.9 Å². The van der Waals surface area contributed by atoms with E-state index < -0.39 is 17.7 Å². The van der Waals surface area contributed by atoms with Crippen LogP contribution in [0.3, 0.4) is 0 Å². The maximum Gasteiger partial charge on any atom is 0.247 e. The van der Waals surface area contributed by atoms with Crippen LogP contribution in [0, 0.1) is 17.6 Å². The lowest BCUT2D eigenvalue weighted by Crippen LogP contribution is -2.63. The van der Waals surface area contributed by atoms with Gasteiger partial charge in [0.1, 0.15) is 11.6 Å². The normalized spacial score (nSPS) is 27.3. The van der Waals surface area contributed by atoms with Gasteiger partial charge in [0.15, 0.2) is 0 Å². The molecule has 30 heavy (non-hydrogen) atoms. The molecular formula is C22H28F2N4O2. The fourth-order valence-corrected chi connectivity index (χ4v) is 4.55. The van der Waals surface area contributed by atoms with E-state index in [0.29, 0.717) is 11.6 Å². The molecule has 2 aliphatic heterocycles. The largest absolute Gasteiger partial charge is 0.349 e. The summed E-state index contributed by atoms with van der Waals surface area (Å²) in [6.45, 7) is 4.39. The Morgan fingerprint density at radius 1 is 1.27 bits per heavy atom. The molecule has 3 unspecified atom stereocenters. The van der Waals surface area contributed by atoms with Crippen molar-refractivity contribution < 1.29 is 18.4 Å². The summed E-state index contributed by atoms with van der Waals surface area (Å²) in [6.07, 6.45) is 3.17. The Labute approximate surface area is 174 Å². The Kier molecular flexibility index (Phi) is 5.88. The van der Waals surface area contributed by atoms with Gasteiger partial charge in [-0.1, -0.05) is 11.6 Å². The van der Waals surface area contributed by atoms with Gasteiger partial charge < -0.3 is 16.0 Å². The average molecular weight is 418 g/mol. The highest BCUT2D eigenvalue weighted by Crippen LogP contribution is 2.33. The standard InChI is InChI=1S/C22H28F2N4O2/c1-11-16(10-19(29)26-12(2)15-6-3-13(23)9-17(15)24)22(30)28-18-7-8-25-21(20(11)18)27-14-4-5-14/h3,6,9,12,14,18,20-21,25,27H,4-5,7-8,10H2,1-2H3,(H,26,29)(H,28,30)/t12-,18?,20?,21?/m0/s1. The van der Waals surface area contributed by atoms with Gasteiger partial charge in [-0.15, -0.1) is 0 Å². The Morgan fingerprint density at radius 3 is 2.73 bits per heavy atom. The van der Waals surface area contributed by atoms with E-state index in [-0.39, 0.29) is 41.9 Å². The van der Waals surface area contributed by atoms with Crippen molar-refractivity contribution in [2.45, 2.75) is 63.8 Å². The first-order valence-corrected chi connectivity index (χ1v) is 10.6. The molecule has 8 heteroatoms. The first-order valence-electron chi connectivity index (χ1n) is 10.6. The zero-order valence-electron chi connectivity index (χ0n) is 17.2. The van der Waals surface area contributed by atoms with Crippen molar-refractivity contribution in [3.05, 3.63) is 46.5 Å². The third kappa shape index (κ3) is 4.39. The first-order chi connectivity index (χ1) is 14.3. The molecule has 1 saturated carbocycles. The SMILES string of the molecule is CC1=C(CC(=O)N[C@@H](C)c2ccc(F)cc2F)C(=O)NC2CCNC(NC3CC3)C12. The average Bonchev–Trinajstić information content (AvgIpc) is 3.49. The number of carbonyl (C=O) groups excluding carboxylic acids is 2. The predicted molar refractivity (Wildman–Crippen MR) is 108 cm³/mol. The number of halogens is 2. The maximum absolute atomic E-state index is 14.0. The summed E-state index contributed by atoms with van der Waals surface area (Å²) in [5, 5.41) is 12.9. The number of nitrogens with one attached hydrogen (secondary N) is 4. The van der Waals surface area contributed by atoms with Gasteiger partial charge in [0, 0.05) is 35.2 Å². The Bertz CT molecular complexity index is 884. The van der Waals surface area contributed by atoms with Gasteiger partial charge in [0.2, 0.25) is 11.8 Å². The Balaban J connectivity index is 1.47. The topological polar surface area (TPSA) is 82.3 Å². The molecule has 1 aliphatic carbocycles. The molecular weight excluding hydrogens is 390 g/mol. The van der Waals surface area contributed by atoms with Crippen molar-refractivity contribution in [2.24, 2.45) is 5.92 Å². The van der Waals surface area contributed by atoms with Gasteiger partial charge in [-0.25, -0.2) is 8.78 Å². The van der Waals surface area contributed by atoms with E-state index in [0.717, 1.165) is 43.5 Å². The Morgan fingerprint density at radius 2 is 2.03 bits per heavy atom. The number of hydrogen-bond acceptors (Lipinski definition) is 4. The molecule has 0 radical (unpaired) electrons. The molecule has 2 amide bonds. The highest BCUT2D eigenvalue weighted by Gasteiger charge is 2.42. The van der Waals surface area contributed by atoms with Crippen LogP contribution in [0.2, 0.25) is 0 Å². The van der Waals surface area contributed by atoms with E-state index in [1.165, 1.54) is 6.07 Å². The van der Waals surface area contributed by atoms with Crippen LogP contribution < -0.4 is 21.3 Å². The van der Waals surface area contributed by atoms with E-state index >= 15 is 0 Å². The number of fused-ring (bicyclic) bond motifs is 1. The zero-order valence-corrected chi connectivity index (χ0v) is 17.2. The van der Waals surface area contributed by atoms with Gasteiger partial charge in [0.05, 0.1) is 18.6 Å². The van der Waals surface area contributed by atoms with Crippen LogP contribution in [-0.2, 0) is 9.59 Å². The first kappa shape index (κ1) is 20.9. The number of piperidine rings is 1. The van der Waals surface area contributed by atoms with Crippen LogP contribution in [0.1, 0.15) is 51.1 Å². The number of rotatable bonds is 6. The van der Waals surface area contributed by atoms with Crippen molar-refractivity contribution in [1.29, 1.82) is 0 Å². The van der Waals surface area contributed by atoms with Crippen molar-refractivity contribution in [2.75, 3.05) is 6.54 Å². The van der Waals surface area contributed by atoms with Crippen molar-refractivity contribution >= 4 is 11.8 Å². The van der Waals surface area contributed by atoms with Crippen LogP contribution in [-0.4, -0.2) is 36.6 Å². The van der Waals surface area contributed by atoms with E-state index in [4.69, 9.17) is 0 Å². The summed E-state index contributed by atoms with van der Waals surface area (Å²) >= 11 is 0. The van der Waals surface area contributed by atoms with Crippen molar-refractivity contribution in [1.82, 2.24) is 21.3 Å². The third-order valence-corrected chi connectivity index (χ3v) is 6.32. The molecule has 2 heterocycles. The molecule has 4 rings (SSSR count). The smallest absolute Gasteiger partial charge is 0.247 e. The van der Waals surface area contributed by atoms with Gasteiger partial charge >= 0.3 is 0 Å². The van der Waals surface area contributed by atoms with Crippen molar-refractivity contribution in [3.63, 3.8) is 0 Å². The van der Waals surface area contributed by atoms with Crippen LogP contribution in [0.4, 0.5) is 8.78 Å². The highest BCUT2D eigenvalue weighted by molar-refractivity contribution is 6.00. The molecule has 4 N–H and O–H groups in total. The molecule has 1 aromatic rings. The fourth-order valence-electron chi connectivity index (χ4n) is 4.55. The minimum atomic E-state index is -0.710. The zero-order chi connectivity index (χ0) is 21.4. The molecule has 162 valence electrons. The quantitative estimate of drug-likeness (QED) is 0.570. The summed E-state index contributed by atoms with van der Waals surface area (Å²) in [6, 6.07) is 3.20. The van der Waals surface area contributed by atoms with E-state index in [9.17, 15) is 18.4 Å². The molecule has 0 bridgehead atoms. The van der Waals surface area contributed by atoms with Crippen LogP contribution >= 0.6 is 0 Å². The molecule has 1 saturated heterocycles. The minimum Gasteiger partial charge on any atom is -0.349 e. The Hall–Kier alpha value is -2.32. The fraction of sp³-hybridized carbons (Fsp3) is 0.545. The third-order valence-electron chi connectivity index (χ3n) is 6.32. The maximum atomic E-state index is 14.0. The second-order valence-corrected chi connectivity index (χ2v) is 8.56. The predicted octanol–water partition coefficient (Wildman–Crippen LogP) is 2.03. The second-order valence-electron chi connectivity index (χ2n) is 8.56. The number of benzene rings is 1. The summed E-state index contributed by atoms with van der Waals surface area (Å²) in [5.41, 5.74) is 1.59. The van der Waals surface area contributed by atoms with Gasteiger partial charge in [-0.2, -0.15) is 0 Å². The summed E-state index contributed by atoms with van der Waals surface area (Å²) in [7, 11) is 0. The van der Waals surface area contributed by atoms with Gasteiger partial charge in [-0.05, 0) is 45.7 Å². The lowest BCUT2D eigenvalue weighted by molar-refractivity contribution is -0.124. The lowest BCUT2D eigenvalue weighted by Gasteiger charge is -2.44. The summed E-state index contributed by atoms with van der Waals surface area (Å²) in [4.78, 5) is 25.3. The summed E-state index contributed by atoms with van der Waals surface area (Å²) in [5.74, 6) is -1.87. The van der Waals surface area contributed by atoms with Gasteiger partial charge in [0.25, 0.3) is 0 Å². The molecule has 3 aliphatic rings. The molecule has 0 aromatic heterocycles. The van der Waals surface area contributed by atoms with Crippen LogP contribution in [0.15, 0.2) is 29.3 Å². The molecule has 0 spiro atoms. The van der Waals surface area contributed by atoms with E-state index in [2.05, 4.69) is 21.3 Å². The highest BCUT2D eigenvalue weighted by atomic mass is 19.1. The van der Waals surface area contributed by atoms with Crippen LogP contribution in [0.5, 0.6) is 0 Å². The van der Waals surface area contributed by atoms with E-state index in [1.807, 2.05) is 6.92 Å². The summed E-state index contributed by atoms with van der Waals surface area (Å²) < 4.78 is 27.1. The van der Waals surface area contributed by atoms with E-state index in [1.54, 1.807) is 6.92 Å². The minimum absolute atomic E-state index is 0.0500. The number of amides is 2. The monoisotopic (exact) mass is 418 g/mol.